The summed E-state index contributed by atoms with van der Waals surface area (Å²) in [5, 5.41) is 5.44. The first kappa shape index (κ1) is 21.0. The van der Waals surface area contributed by atoms with Crippen molar-refractivity contribution in [3.8, 4) is 0 Å². The topological polar surface area (TPSA) is 44.8 Å². The average molecular weight is 438 g/mol. The minimum Gasteiger partial charge on any atom is -0.465 e. The van der Waals surface area contributed by atoms with Crippen LogP contribution in [0.5, 0.6) is 0 Å². The van der Waals surface area contributed by atoms with Crippen molar-refractivity contribution < 1.29 is 9.53 Å². The molecule has 0 saturated carbocycles. The van der Waals surface area contributed by atoms with Crippen molar-refractivity contribution in [2.75, 3.05) is 38.6 Å². The number of anilines is 1. The molecule has 28 heavy (non-hydrogen) atoms. The number of hydrogen-bond acceptors (Lipinski definition) is 5. The third kappa shape index (κ3) is 4.84. The Morgan fingerprint density at radius 3 is 2.46 bits per heavy atom. The SMILES string of the molecule is COC(=O)c1c(NC(=S)N2CCN(Cc3ccc(Cl)cc3)CC2)sc(C)c1C. The molecule has 2 heterocycles. The molecule has 8 heteroatoms. The Balaban J connectivity index is 1.58. The van der Waals surface area contributed by atoms with Crippen LogP contribution in [0.1, 0.15) is 26.4 Å². The normalized spacial score (nSPS) is 14.8. The molecule has 1 aliphatic rings. The van der Waals surface area contributed by atoms with Gasteiger partial charge in [0.05, 0.1) is 12.7 Å². The van der Waals surface area contributed by atoms with Gasteiger partial charge < -0.3 is 15.0 Å². The maximum absolute atomic E-state index is 12.1. The van der Waals surface area contributed by atoms with Crippen molar-refractivity contribution in [1.82, 2.24) is 9.80 Å². The summed E-state index contributed by atoms with van der Waals surface area (Å²) >= 11 is 13.1. The average Bonchev–Trinajstić information content (AvgIpc) is 2.97. The Kier molecular flexibility index (Phi) is 6.93. The Morgan fingerprint density at radius 2 is 1.86 bits per heavy atom. The molecule has 1 fully saturated rings. The second kappa shape index (κ2) is 9.22. The number of ether oxygens (including phenoxy) is 1. The standard InChI is InChI=1S/C20H24ClN3O2S2/c1-13-14(2)28-18(17(13)19(25)26-3)22-20(27)24-10-8-23(9-11-24)12-15-4-6-16(21)7-5-15/h4-7H,8-12H2,1-3H3,(H,22,27). The molecule has 1 aromatic carbocycles. The molecule has 0 spiro atoms. The molecular formula is C20H24ClN3O2S2. The van der Waals surface area contributed by atoms with Gasteiger partial charge in [-0.3, -0.25) is 4.90 Å². The van der Waals surface area contributed by atoms with E-state index in [1.54, 1.807) is 0 Å². The number of methoxy groups -OCH3 is 1. The van der Waals surface area contributed by atoms with Gasteiger partial charge in [-0.15, -0.1) is 11.3 Å². The highest BCUT2D eigenvalue weighted by Gasteiger charge is 2.24. The molecule has 2 aromatic rings. The summed E-state index contributed by atoms with van der Waals surface area (Å²) in [4.78, 5) is 17.8. The second-order valence-corrected chi connectivity index (χ2v) is 8.85. The predicted octanol–water partition coefficient (Wildman–Crippen LogP) is 4.32. The van der Waals surface area contributed by atoms with Crippen molar-refractivity contribution >= 4 is 51.2 Å². The van der Waals surface area contributed by atoms with Crippen LogP contribution >= 0.6 is 35.2 Å². The summed E-state index contributed by atoms with van der Waals surface area (Å²) < 4.78 is 4.93. The first-order valence-corrected chi connectivity index (χ1v) is 10.7. The fourth-order valence-electron chi connectivity index (χ4n) is 3.20. The van der Waals surface area contributed by atoms with Crippen molar-refractivity contribution in [3.63, 3.8) is 0 Å². The van der Waals surface area contributed by atoms with Gasteiger partial charge in [0.15, 0.2) is 5.11 Å². The van der Waals surface area contributed by atoms with E-state index in [0.717, 1.165) is 53.2 Å². The second-order valence-electron chi connectivity index (χ2n) is 6.80. The molecule has 0 amide bonds. The van der Waals surface area contributed by atoms with E-state index in [-0.39, 0.29) is 5.97 Å². The van der Waals surface area contributed by atoms with Crippen LogP contribution in [0.4, 0.5) is 5.00 Å². The first-order valence-electron chi connectivity index (χ1n) is 9.10. The van der Waals surface area contributed by atoms with Crippen LogP contribution in [-0.4, -0.2) is 54.2 Å². The number of hydrogen-bond donors (Lipinski definition) is 1. The Labute approximate surface area is 180 Å². The Bertz CT molecular complexity index is 859. The van der Waals surface area contributed by atoms with Gasteiger partial charge in [-0.2, -0.15) is 0 Å². The van der Waals surface area contributed by atoms with Crippen LogP contribution in [0.3, 0.4) is 0 Å². The fraction of sp³-hybridized carbons (Fsp3) is 0.400. The van der Waals surface area contributed by atoms with Crippen LogP contribution in [-0.2, 0) is 11.3 Å². The molecule has 1 aromatic heterocycles. The van der Waals surface area contributed by atoms with E-state index >= 15 is 0 Å². The number of rotatable bonds is 4. The molecule has 1 aliphatic heterocycles. The van der Waals surface area contributed by atoms with Crippen molar-refractivity contribution in [2.24, 2.45) is 0 Å². The number of nitrogens with zero attached hydrogens (tertiary/aromatic N) is 2. The van der Waals surface area contributed by atoms with Crippen LogP contribution in [0, 0.1) is 13.8 Å². The van der Waals surface area contributed by atoms with E-state index in [4.69, 9.17) is 28.6 Å². The fourth-order valence-corrected chi connectivity index (χ4v) is 4.72. The molecule has 1 saturated heterocycles. The largest absolute Gasteiger partial charge is 0.465 e. The van der Waals surface area contributed by atoms with Crippen molar-refractivity contribution in [3.05, 3.63) is 50.9 Å². The number of aryl methyl sites for hydroxylation is 1. The van der Waals surface area contributed by atoms with Gasteiger partial charge in [-0.05, 0) is 49.3 Å². The highest BCUT2D eigenvalue weighted by Crippen LogP contribution is 2.33. The molecule has 150 valence electrons. The Hall–Kier alpha value is -1.67. The van der Waals surface area contributed by atoms with Crippen LogP contribution in [0.15, 0.2) is 24.3 Å². The zero-order valence-electron chi connectivity index (χ0n) is 16.3. The highest BCUT2D eigenvalue weighted by molar-refractivity contribution is 7.80. The quantitative estimate of drug-likeness (QED) is 0.567. The molecule has 1 N–H and O–H groups in total. The number of esters is 1. The molecule has 0 bridgehead atoms. The van der Waals surface area contributed by atoms with Crippen molar-refractivity contribution in [1.29, 1.82) is 0 Å². The minimum absolute atomic E-state index is 0.333. The van der Waals surface area contributed by atoms with Gasteiger partial charge in [-0.25, -0.2) is 4.79 Å². The monoisotopic (exact) mass is 437 g/mol. The molecule has 0 atom stereocenters. The van der Waals surface area contributed by atoms with E-state index < -0.39 is 0 Å². The molecule has 0 radical (unpaired) electrons. The summed E-state index contributed by atoms with van der Waals surface area (Å²) in [7, 11) is 1.40. The molecule has 3 rings (SSSR count). The van der Waals surface area contributed by atoms with Gasteiger partial charge >= 0.3 is 5.97 Å². The van der Waals surface area contributed by atoms with Crippen molar-refractivity contribution in [2.45, 2.75) is 20.4 Å². The summed E-state index contributed by atoms with van der Waals surface area (Å²) in [5.41, 5.74) is 2.77. The number of piperazine rings is 1. The lowest BCUT2D eigenvalue weighted by Crippen LogP contribution is -2.49. The summed E-state index contributed by atoms with van der Waals surface area (Å²) in [6, 6.07) is 7.99. The maximum atomic E-state index is 12.1. The zero-order valence-corrected chi connectivity index (χ0v) is 18.6. The van der Waals surface area contributed by atoms with E-state index in [9.17, 15) is 4.79 Å². The van der Waals surface area contributed by atoms with Crippen LogP contribution in [0.2, 0.25) is 5.02 Å². The zero-order chi connectivity index (χ0) is 20.3. The maximum Gasteiger partial charge on any atom is 0.341 e. The smallest absolute Gasteiger partial charge is 0.341 e. The number of halogens is 1. The van der Waals surface area contributed by atoms with Gasteiger partial charge in [0.25, 0.3) is 0 Å². The number of thiophene rings is 1. The lowest BCUT2D eigenvalue weighted by molar-refractivity contribution is 0.0601. The highest BCUT2D eigenvalue weighted by atomic mass is 35.5. The van der Waals surface area contributed by atoms with Crippen LogP contribution < -0.4 is 5.32 Å². The van der Waals surface area contributed by atoms with E-state index in [0.29, 0.717) is 10.7 Å². The third-order valence-electron chi connectivity index (χ3n) is 4.97. The number of benzene rings is 1. The first-order chi connectivity index (χ1) is 13.4. The lowest BCUT2D eigenvalue weighted by atomic mass is 10.1. The number of carbonyl (C=O) groups is 1. The summed E-state index contributed by atoms with van der Waals surface area (Å²) in [5.74, 6) is -0.333. The number of carbonyl (C=O) groups excluding carboxylic acids is 1. The van der Waals surface area contributed by atoms with Gasteiger partial charge in [-0.1, -0.05) is 23.7 Å². The van der Waals surface area contributed by atoms with Gasteiger partial charge in [0.1, 0.15) is 5.00 Å². The van der Waals surface area contributed by atoms with E-state index in [1.807, 2.05) is 26.0 Å². The number of thiocarbonyl (C=S) groups is 1. The third-order valence-corrected chi connectivity index (χ3v) is 6.71. The summed E-state index contributed by atoms with van der Waals surface area (Å²) in [6.07, 6.45) is 0. The van der Waals surface area contributed by atoms with E-state index in [2.05, 4.69) is 27.2 Å². The molecule has 0 unspecified atom stereocenters. The van der Waals surface area contributed by atoms with Gasteiger partial charge in [0.2, 0.25) is 0 Å². The minimum atomic E-state index is -0.333. The Morgan fingerprint density at radius 1 is 1.21 bits per heavy atom. The molecular weight excluding hydrogens is 414 g/mol. The summed E-state index contributed by atoms with van der Waals surface area (Å²) in [6.45, 7) is 8.37. The van der Waals surface area contributed by atoms with Gasteiger partial charge in [0, 0.05) is 42.6 Å². The molecule has 5 nitrogen and oxygen atoms in total. The lowest BCUT2D eigenvalue weighted by Gasteiger charge is -2.36. The number of nitrogens with one attached hydrogen (secondary N) is 1. The van der Waals surface area contributed by atoms with E-state index in [1.165, 1.54) is 24.0 Å². The molecule has 0 aliphatic carbocycles. The van der Waals surface area contributed by atoms with Crippen LogP contribution in [0.25, 0.3) is 0 Å². The predicted molar refractivity (Wildman–Crippen MR) is 120 cm³/mol.